The highest BCUT2D eigenvalue weighted by molar-refractivity contribution is 5.90. The molecule has 1 fully saturated rings. The van der Waals surface area contributed by atoms with Crippen molar-refractivity contribution in [2.24, 2.45) is 5.41 Å². The number of anilines is 1. The van der Waals surface area contributed by atoms with Crippen LogP contribution in [0.1, 0.15) is 46.0 Å². The maximum atomic E-state index is 14.5. The SMILES string of the molecule is CC(=O)CC(Nc1nc(-c2c[nH]c3ncncc23)ncc1F)C1(C)CCCC1. The number of aromatic nitrogens is 5. The molecule has 146 valence electrons. The first-order chi connectivity index (χ1) is 13.5. The predicted molar refractivity (Wildman–Crippen MR) is 104 cm³/mol. The number of fused-ring (bicyclic) bond motifs is 1. The molecule has 0 radical (unpaired) electrons. The summed E-state index contributed by atoms with van der Waals surface area (Å²) in [5.74, 6) is 0.0442. The van der Waals surface area contributed by atoms with Gasteiger partial charge < -0.3 is 10.3 Å². The molecular formula is C20H23FN6O. The Kier molecular flexibility index (Phi) is 4.78. The quantitative estimate of drug-likeness (QED) is 0.671. The van der Waals surface area contributed by atoms with Crippen LogP contribution in [0.25, 0.3) is 22.4 Å². The maximum Gasteiger partial charge on any atom is 0.183 e. The van der Waals surface area contributed by atoms with Crippen LogP contribution in [0, 0.1) is 11.2 Å². The van der Waals surface area contributed by atoms with Gasteiger partial charge in [-0.05, 0) is 25.2 Å². The average Bonchev–Trinajstić information content (AvgIpc) is 3.30. The molecule has 7 nitrogen and oxygen atoms in total. The van der Waals surface area contributed by atoms with Gasteiger partial charge in [0.2, 0.25) is 0 Å². The van der Waals surface area contributed by atoms with E-state index in [2.05, 4.69) is 37.2 Å². The molecule has 0 spiro atoms. The number of carbonyl (C=O) groups is 1. The molecule has 1 atom stereocenters. The molecule has 0 amide bonds. The summed E-state index contributed by atoms with van der Waals surface area (Å²) in [7, 11) is 0. The Morgan fingerprint density at radius 1 is 1.32 bits per heavy atom. The maximum absolute atomic E-state index is 14.5. The normalized spacial score (nSPS) is 17.0. The Bertz CT molecular complexity index is 1010. The summed E-state index contributed by atoms with van der Waals surface area (Å²) in [4.78, 5) is 31.7. The molecule has 0 saturated heterocycles. The van der Waals surface area contributed by atoms with Gasteiger partial charge in [-0.15, -0.1) is 0 Å². The number of rotatable bonds is 6. The summed E-state index contributed by atoms with van der Waals surface area (Å²) in [6.07, 6.45) is 10.6. The molecule has 3 aromatic heterocycles. The summed E-state index contributed by atoms with van der Waals surface area (Å²) < 4.78 is 14.5. The van der Waals surface area contributed by atoms with Crippen molar-refractivity contribution in [3.05, 3.63) is 30.7 Å². The van der Waals surface area contributed by atoms with E-state index in [1.165, 1.54) is 6.33 Å². The molecular weight excluding hydrogens is 359 g/mol. The number of halogens is 1. The van der Waals surface area contributed by atoms with E-state index in [9.17, 15) is 9.18 Å². The van der Waals surface area contributed by atoms with Crippen molar-refractivity contribution in [3.63, 3.8) is 0 Å². The third-order valence-corrected chi connectivity index (χ3v) is 5.73. The number of aromatic amines is 1. The van der Waals surface area contributed by atoms with Gasteiger partial charge in [-0.1, -0.05) is 19.8 Å². The third kappa shape index (κ3) is 3.46. The van der Waals surface area contributed by atoms with Crippen molar-refractivity contribution in [2.45, 2.75) is 52.0 Å². The minimum Gasteiger partial charge on any atom is -0.364 e. The van der Waals surface area contributed by atoms with E-state index in [-0.39, 0.29) is 23.1 Å². The molecule has 1 saturated carbocycles. The van der Waals surface area contributed by atoms with E-state index in [0.717, 1.165) is 37.3 Å². The molecule has 0 aromatic carbocycles. The van der Waals surface area contributed by atoms with Gasteiger partial charge in [-0.2, -0.15) is 0 Å². The van der Waals surface area contributed by atoms with E-state index in [1.54, 1.807) is 19.3 Å². The van der Waals surface area contributed by atoms with Crippen molar-refractivity contribution < 1.29 is 9.18 Å². The summed E-state index contributed by atoms with van der Waals surface area (Å²) >= 11 is 0. The summed E-state index contributed by atoms with van der Waals surface area (Å²) in [5.41, 5.74) is 1.31. The molecule has 3 aromatic rings. The first kappa shape index (κ1) is 18.5. The molecule has 28 heavy (non-hydrogen) atoms. The lowest BCUT2D eigenvalue weighted by molar-refractivity contribution is -0.117. The largest absolute Gasteiger partial charge is 0.364 e. The Morgan fingerprint density at radius 2 is 2.11 bits per heavy atom. The second-order valence-electron chi connectivity index (χ2n) is 7.84. The average molecular weight is 382 g/mol. The zero-order valence-corrected chi connectivity index (χ0v) is 16.0. The van der Waals surface area contributed by atoms with Crippen molar-refractivity contribution in [2.75, 3.05) is 5.32 Å². The predicted octanol–water partition coefficient (Wildman–Crippen LogP) is 3.89. The van der Waals surface area contributed by atoms with Crippen LogP contribution >= 0.6 is 0 Å². The van der Waals surface area contributed by atoms with E-state index in [1.807, 2.05) is 0 Å². The summed E-state index contributed by atoms with van der Waals surface area (Å²) in [6.45, 7) is 3.73. The zero-order chi connectivity index (χ0) is 19.7. The Balaban J connectivity index is 1.69. The van der Waals surface area contributed by atoms with Crippen molar-refractivity contribution in [1.29, 1.82) is 0 Å². The van der Waals surface area contributed by atoms with Crippen LogP contribution in [-0.2, 0) is 4.79 Å². The van der Waals surface area contributed by atoms with Crippen LogP contribution in [0.3, 0.4) is 0 Å². The van der Waals surface area contributed by atoms with Gasteiger partial charge in [-0.25, -0.2) is 24.3 Å². The highest BCUT2D eigenvalue weighted by Crippen LogP contribution is 2.43. The molecule has 1 aliphatic carbocycles. The van der Waals surface area contributed by atoms with Crippen LogP contribution in [-0.4, -0.2) is 36.7 Å². The molecule has 3 heterocycles. The Hall–Kier alpha value is -2.90. The number of H-pyrrole nitrogens is 1. The van der Waals surface area contributed by atoms with Crippen LogP contribution in [0.5, 0.6) is 0 Å². The van der Waals surface area contributed by atoms with Crippen LogP contribution in [0.2, 0.25) is 0 Å². The second kappa shape index (κ2) is 7.26. The first-order valence-electron chi connectivity index (χ1n) is 9.52. The fraction of sp³-hybridized carbons (Fsp3) is 0.450. The highest BCUT2D eigenvalue weighted by Gasteiger charge is 2.38. The van der Waals surface area contributed by atoms with Gasteiger partial charge in [0.05, 0.1) is 6.20 Å². The number of hydrogen-bond donors (Lipinski definition) is 2. The van der Waals surface area contributed by atoms with Gasteiger partial charge in [-0.3, -0.25) is 4.79 Å². The summed E-state index contributed by atoms with van der Waals surface area (Å²) in [5, 5.41) is 3.99. The molecule has 1 aliphatic rings. The zero-order valence-electron chi connectivity index (χ0n) is 16.0. The lowest BCUT2D eigenvalue weighted by Gasteiger charge is -2.34. The van der Waals surface area contributed by atoms with Crippen molar-refractivity contribution in [3.8, 4) is 11.4 Å². The minimum absolute atomic E-state index is 0.0577. The van der Waals surface area contributed by atoms with Gasteiger partial charge in [0.1, 0.15) is 17.8 Å². The Morgan fingerprint density at radius 3 is 2.86 bits per heavy atom. The van der Waals surface area contributed by atoms with Gasteiger partial charge >= 0.3 is 0 Å². The fourth-order valence-electron chi connectivity index (χ4n) is 4.10. The minimum atomic E-state index is -0.532. The lowest BCUT2D eigenvalue weighted by Crippen LogP contribution is -2.38. The number of ketones is 1. The monoisotopic (exact) mass is 382 g/mol. The fourth-order valence-corrected chi connectivity index (χ4v) is 4.10. The molecule has 4 rings (SSSR count). The van der Waals surface area contributed by atoms with Crippen LogP contribution < -0.4 is 5.32 Å². The van der Waals surface area contributed by atoms with Gasteiger partial charge in [0, 0.05) is 35.8 Å². The summed E-state index contributed by atoms with van der Waals surface area (Å²) in [6, 6.07) is -0.170. The number of hydrogen-bond acceptors (Lipinski definition) is 6. The van der Waals surface area contributed by atoms with Gasteiger partial charge in [0.25, 0.3) is 0 Å². The molecule has 1 unspecified atom stereocenters. The van der Waals surface area contributed by atoms with Crippen LogP contribution in [0.4, 0.5) is 10.2 Å². The number of Topliss-reactive ketones (excluding diaryl/α,β-unsaturated/α-hetero) is 1. The van der Waals surface area contributed by atoms with E-state index >= 15 is 0 Å². The number of carbonyl (C=O) groups excluding carboxylic acids is 1. The first-order valence-corrected chi connectivity index (χ1v) is 9.52. The molecule has 0 bridgehead atoms. The topological polar surface area (TPSA) is 96.5 Å². The van der Waals surface area contributed by atoms with E-state index in [0.29, 0.717) is 23.5 Å². The highest BCUT2D eigenvalue weighted by atomic mass is 19.1. The third-order valence-electron chi connectivity index (χ3n) is 5.73. The second-order valence-corrected chi connectivity index (χ2v) is 7.84. The standard InChI is InChI=1S/C20H23FN6O/c1-12(28)7-16(20(2)5-3-4-6-20)26-19-15(21)10-24-18(27-19)14-9-23-17-13(14)8-22-11-25-17/h8-11,16H,3-7H2,1-2H3,(H,22,23,25)(H,24,26,27). The molecule has 8 heteroatoms. The van der Waals surface area contributed by atoms with E-state index < -0.39 is 5.82 Å². The lowest BCUT2D eigenvalue weighted by atomic mass is 9.78. The van der Waals surface area contributed by atoms with E-state index in [4.69, 9.17) is 0 Å². The van der Waals surface area contributed by atoms with Gasteiger partial charge in [0.15, 0.2) is 17.5 Å². The Labute approximate surface area is 162 Å². The van der Waals surface area contributed by atoms with Crippen molar-refractivity contribution in [1.82, 2.24) is 24.9 Å². The molecule has 2 N–H and O–H groups in total. The smallest absolute Gasteiger partial charge is 0.183 e. The molecule has 0 aliphatic heterocycles. The number of nitrogens with zero attached hydrogens (tertiary/aromatic N) is 4. The van der Waals surface area contributed by atoms with Crippen LogP contribution in [0.15, 0.2) is 24.9 Å². The van der Waals surface area contributed by atoms with Crippen molar-refractivity contribution >= 4 is 22.6 Å². The number of nitrogens with one attached hydrogen (secondary N) is 2.